The number of aromatic nitrogens is 1. The van der Waals surface area contributed by atoms with Crippen LogP contribution in [0.2, 0.25) is 0 Å². The fraction of sp³-hybridized carbons (Fsp3) is 0.625. The predicted octanol–water partition coefficient (Wildman–Crippen LogP) is 6.53. The van der Waals surface area contributed by atoms with Gasteiger partial charge in [0.2, 0.25) is 11.8 Å². The predicted molar refractivity (Wildman–Crippen MR) is 160 cm³/mol. The van der Waals surface area contributed by atoms with Crippen molar-refractivity contribution in [3.8, 4) is 5.88 Å². The highest BCUT2D eigenvalue weighted by Gasteiger charge is 2.38. The summed E-state index contributed by atoms with van der Waals surface area (Å²) >= 11 is 1.29. The highest BCUT2D eigenvalue weighted by atomic mass is 32.1. The number of thiophene rings is 1. The van der Waals surface area contributed by atoms with Crippen molar-refractivity contribution in [3.05, 3.63) is 39.7 Å². The highest BCUT2D eigenvalue weighted by molar-refractivity contribution is 7.14. The molecule has 0 bridgehead atoms. The molecular formula is C32H43N3O5S. The molecule has 0 atom stereocenters. The van der Waals surface area contributed by atoms with Crippen LogP contribution >= 0.6 is 11.3 Å². The van der Waals surface area contributed by atoms with E-state index in [4.69, 9.17) is 4.74 Å². The largest absolute Gasteiger partial charge is 0.477 e. The first-order chi connectivity index (χ1) is 19.5. The lowest BCUT2D eigenvalue weighted by molar-refractivity contribution is -0.124. The minimum absolute atomic E-state index is 0.0121. The number of anilines is 1. The van der Waals surface area contributed by atoms with Crippen molar-refractivity contribution in [3.63, 3.8) is 0 Å². The first-order valence-electron chi connectivity index (χ1n) is 15.1. The van der Waals surface area contributed by atoms with Crippen molar-refractivity contribution < 1.29 is 24.2 Å². The molecule has 2 aromatic rings. The molecule has 3 aliphatic rings. The molecule has 222 valence electrons. The molecule has 1 aliphatic heterocycles. The van der Waals surface area contributed by atoms with E-state index < -0.39 is 5.97 Å². The second kappa shape index (κ2) is 12.1. The van der Waals surface area contributed by atoms with Crippen molar-refractivity contribution in [1.82, 2.24) is 9.88 Å². The van der Waals surface area contributed by atoms with E-state index in [1.54, 1.807) is 18.3 Å². The van der Waals surface area contributed by atoms with Crippen molar-refractivity contribution in [1.29, 1.82) is 0 Å². The topological polar surface area (TPSA) is 100 Å². The number of carbonyl (C=O) groups excluding carboxylic acids is 2. The fourth-order valence-corrected chi connectivity index (χ4v) is 7.23. The first kappa shape index (κ1) is 29.5. The summed E-state index contributed by atoms with van der Waals surface area (Å²) in [6.45, 7) is 10.0. The number of carboxylic acids is 1. The molecule has 0 spiro atoms. The Morgan fingerprint density at radius 2 is 1.71 bits per heavy atom. The summed E-state index contributed by atoms with van der Waals surface area (Å²) in [7, 11) is 0. The lowest BCUT2D eigenvalue weighted by Crippen LogP contribution is -2.47. The van der Waals surface area contributed by atoms with Gasteiger partial charge in [-0.25, -0.2) is 9.78 Å². The molecule has 2 saturated carbocycles. The van der Waals surface area contributed by atoms with Gasteiger partial charge in [-0.1, -0.05) is 27.7 Å². The first-order valence-corrected chi connectivity index (χ1v) is 16.0. The molecule has 2 amide bonds. The Bertz CT molecular complexity index is 1260. The molecule has 0 radical (unpaired) electrons. The number of carbonyl (C=O) groups is 3. The second-order valence-electron chi connectivity index (χ2n) is 13.1. The molecule has 2 aliphatic carbocycles. The quantitative estimate of drug-likeness (QED) is 0.399. The van der Waals surface area contributed by atoms with Crippen LogP contribution in [0.25, 0.3) is 0 Å². The molecule has 3 heterocycles. The van der Waals surface area contributed by atoms with E-state index in [0.717, 1.165) is 62.9 Å². The third-order valence-corrected chi connectivity index (χ3v) is 10.5. The molecule has 2 aromatic heterocycles. The standard InChI is InChI=1S/C32H43N3O5S/c1-20-6-8-21(9-7-20)30(37)35(25-19-26(32(2,3)4)41-28(25)31(38)39)23-10-12-24(13-11-23)40-27-18-22(14-15-33-27)29(36)34-16-5-17-34/h14-15,18-21,23-24H,5-13,16-17H2,1-4H3,(H,38,39)/t20-,21-,23-,24-. The number of likely N-dealkylation sites (tertiary alicyclic amines) is 1. The van der Waals surface area contributed by atoms with Crippen molar-refractivity contribution in [2.45, 2.75) is 103 Å². The van der Waals surface area contributed by atoms with Crippen LogP contribution in [0.3, 0.4) is 0 Å². The number of carboxylic acid groups (broad SMARTS) is 1. The summed E-state index contributed by atoms with van der Waals surface area (Å²) in [4.78, 5) is 48.5. The van der Waals surface area contributed by atoms with Gasteiger partial charge in [-0.2, -0.15) is 0 Å². The van der Waals surface area contributed by atoms with E-state index in [1.165, 1.54) is 11.3 Å². The second-order valence-corrected chi connectivity index (χ2v) is 14.2. The van der Waals surface area contributed by atoms with Crippen LogP contribution in [0.5, 0.6) is 5.88 Å². The van der Waals surface area contributed by atoms with E-state index in [9.17, 15) is 19.5 Å². The molecule has 3 fully saturated rings. The molecule has 0 unspecified atom stereocenters. The summed E-state index contributed by atoms with van der Waals surface area (Å²) in [5, 5.41) is 10.2. The summed E-state index contributed by atoms with van der Waals surface area (Å²) in [6, 6.07) is 5.32. The SMILES string of the molecule is CC(C)(C)c1cc(N(C(=O)[C@H]2CC[C@H](C)CC2)[C@H]2CC[C@H](Oc3cc(C(=O)N4CCC4)ccn3)CC2)c(C(=O)O)s1. The lowest BCUT2D eigenvalue weighted by Gasteiger charge is -2.39. The zero-order valence-corrected chi connectivity index (χ0v) is 25.5. The third kappa shape index (κ3) is 6.60. The van der Waals surface area contributed by atoms with Gasteiger partial charge in [0.05, 0.1) is 5.69 Å². The lowest BCUT2D eigenvalue weighted by atomic mass is 9.81. The average molecular weight is 582 g/mol. The van der Waals surface area contributed by atoms with Crippen LogP contribution in [-0.4, -0.2) is 58.0 Å². The number of ether oxygens (including phenoxy) is 1. The van der Waals surface area contributed by atoms with Crippen LogP contribution in [0.1, 0.15) is 110 Å². The Morgan fingerprint density at radius 3 is 2.29 bits per heavy atom. The van der Waals surface area contributed by atoms with Gasteiger partial charge in [0.15, 0.2) is 0 Å². The minimum Gasteiger partial charge on any atom is -0.477 e. The number of rotatable bonds is 7. The summed E-state index contributed by atoms with van der Waals surface area (Å²) < 4.78 is 6.23. The van der Waals surface area contributed by atoms with Crippen LogP contribution in [0.4, 0.5) is 5.69 Å². The maximum absolute atomic E-state index is 14.2. The number of nitrogens with zero attached hydrogens (tertiary/aromatic N) is 3. The zero-order valence-electron chi connectivity index (χ0n) is 24.7. The van der Waals surface area contributed by atoms with Gasteiger partial charge < -0.3 is 19.6 Å². The number of pyridine rings is 1. The molecule has 1 saturated heterocycles. The number of amides is 2. The average Bonchev–Trinajstić information content (AvgIpc) is 3.35. The van der Waals surface area contributed by atoms with E-state index in [0.29, 0.717) is 35.9 Å². The zero-order chi connectivity index (χ0) is 29.3. The van der Waals surface area contributed by atoms with Crippen molar-refractivity contribution in [2.75, 3.05) is 18.0 Å². The van der Waals surface area contributed by atoms with Crippen LogP contribution in [0, 0.1) is 11.8 Å². The third-order valence-electron chi connectivity index (χ3n) is 8.93. The van der Waals surface area contributed by atoms with E-state index in [-0.39, 0.29) is 40.2 Å². The minimum atomic E-state index is -0.980. The number of hydrogen-bond donors (Lipinski definition) is 1. The Morgan fingerprint density at radius 1 is 1.02 bits per heavy atom. The van der Waals surface area contributed by atoms with Gasteiger partial charge >= 0.3 is 5.97 Å². The number of aromatic carboxylic acids is 1. The fourth-order valence-electron chi connectivity index (χ4n) is 6.18. The Labute approximate surface area is 247 Å². The van der Waals surface area contributed by atoms with Crippen LogP contribution in [0.15, 0.2) is 24.4 Å². The molecule has 8 nitrogen and oxygen atoms in total. The van der Waals surface area contributed by atoms with Crippen molar-refractivity contribution in [2.24, 2.45) is 11.8 Å². The van der Waals surface area contributed by atoms with Gasteiger partial charge in [-0.05, 0) is 81.3 Å². The molecule has 9 heteroatoms. The van der Waals surface area contributed by atoms with E-state index in [1.807, 2.05) is 15.9 Å². The maximum atomic E-state index is 14.2. The molecular weight excluding hydrogens is 538 g/mol. The van der Waals surface area contributed by atoms with Gasteiger partial charge in [0.1, 0.15) is 11.0 Å². The molecule has 1 N–H and O–H groups in total. The van der Waals surface area contributed by atoms with E-state index in [2.05, 4.69) is 32.7 Å². The monoisotopic (exact) mass is 581 g/mol. The van der Waals surface area contributed by atoms with E-state index >= 15 is 0 Å². The van der Waals surface area contributed by atoms with Gasteiger partial charge in [-0.15, -0.1) is 11.3 Å². The summed E-state index contributed by atoms with van der Waals surface area (Å²) in [5.41, 5.74) is 0.932. The Balaban J connectivity index is 1.34. The normalized spacial score (nSPS) is 24.8. The van der Waals surface area contributed by atoms with Crippen LogP contribution in [-0.2, 0) is 10.2 Å². The molecule has 0 aromatic carbocycles. The van der Waals surface area contributed by atoms with Gasteiger partial charge in [0.25, 0.3) is 5.91 Å². The smallest absolute Gasteiger partial charge is 0.348 e. The van der Waals surface area contributed by atoms with Gasteiger partial charge in [-0.3, -0.25) is 9.59 Å². The summed E-state index contributed by atoms with van der Waals surface area (Å²) in [5.74, 6) is 0.0996. The maximum Gasteiger partial charge on any atom is 0.348 e. The summed E-state index contributed by atoms with van der Waals surface area (Å²) in [6.07, 6.45) is 9.22. The Kier molecular flexibility index (Phi) is 8.73. The van der Waals surface area contributed by atoms with Crippen LogP contribution < -0.4 is 9.64 Å². The highest BCUT2D eigenvalue weighted by Crippen LogP contribution is 2.42. The van der Waals surface area contributed by atoms with Crippen molar-refractivity contribution >= 4 is 34.8 Å². The number of hydrogen-bond acceptors (Lipinski definition) is 6. The van der Waals surface area contributed by atoms with Gasteiger partial charge in [0, 0.05) is 47.8 Å². The molecule has 5 rings (SSSR count). The molecule has 41 heavy (non-hydrogen) atoms. The Hall–Kier alpha value is -2.94.